The predicted molar refractivity (Wildman–Crippen MR) is 160 cm³/mol. The van der Waals surface area contributed by atoms with Gasteiger partial charge in [-0.25, -0.2) is 4.79 Å². The smallest absolute Gasteiger partial charge is 0.426 e. The van der Waals surface area contributed by atoms with Gasteiger partial charge in [0, 0.05) is 23.4 Å². The number of alkyl halides is 2. The number of hydrogen-bond donors (Lipinski definition) is 3. The SMILES string of the molecule is N#CCCCCCOc1ccc(C(F)(F)Oc2ccc(C=C(CCCCCc3ccc(N)cc3N)C(=O)O)cc2)cc1. The number of nitrogens with two attached hydrogens (primary N) is 2. The maximum Gasteiger partial charge on any atom is 0.426 e. The molecule has 3 rings (SSSR count). The Kier molecular flexibility index (Phi) is 12.2. The van der Waals surface area contributed by atoms with E-state index in [-0.39, 0.29) is 16.9 Å². The number of unbranched alkanes of at least 4 members (excludes halogenated alkanes) is 5. The zero-order chi connectivity index (χ0) is 30.4. The Hall–Kier alpha value is -4.58. The molecule has 222 valence electrons. The molecule has 0 fully saturated rings. The molecule has 3 aromatic rings. The number of nitriles is 1. The van der Waals surface area contributed by atoms with E-state index in [4.69, 9.17) is 26.2 Å². The number of carboxylic acids is 1. The number of hydrogen-bond acceptors (Lipinski definition) is 6. The van der Waals surface area contributed by atoms with Crippen LogP contribution >= 0.6 is 0 Å². The fourth-order valence-corrected chi connectivity index (χ4v) is 4.35. The molecule has 9 heteroatoms. The molecule has 0 aromatic heterocycles. The van der Waals surface area contributed by atoms with Gasteiger partial charge in [-0.2, -0.15) is 14.0 Å². The second-order valence-corrected chi connectivity index (χ2v) is 10.0. The molecule has 0 aliphatic rings. The number of anilines is 2. The van der Waals surface area contributed by atoms with Crippen molar-refractivity contribution in [2.24, 2.45) is 0 Å². The van der Waals surface area contributed by atoms with Crippen molar-refractivity contribution < 1.29 is 28.2 Å². The molecule has 7 nitrogen and oxygen atoms in total. The number of carbonyl (C=O) groups is 1. The highest BCUT2D eigenvalue weighted by atomic mass is 19.3. The Bertz CT molecular complexity index is 1370. The Morgan fingerprint density at radius 2 is 1.60 bits per heavy atom. The van der Waals surface area contributed by atoms with Gasteiger partial charge in [0.2, 0.25) is 0 Å². The number of nitrogen functional groups attached to an aromatic ring is 2. The summed E-state index contributed by atoms with van der Waals surface area (Å²) in [6.45, 7) is 0.447. The van der Waals surface area contributed by atoms with Gasteiger partial charge in [-0.1, -0.05) is 24.6 Å². The van der Waals surface area contributed by atoms with E-state index in [1.165, 1.54) is 36.4 Å². The van der Waals surface area contributed by atoms with E-state index in [2.05, 4.69) is 6.07 Å². The molecule has 0 aliphatic heterocycles. The van der Waals surface area contributed by atoms with Crippen LogP contribution in [0.5, 0.6) is 11.5 Å². The van der Waals surface area contributed by atoms with Crippen molar-refractivity contribution in [2.75, 3.05) is 18.1 Å². The monoisotopic (exact) mass is 577 g/mol. The lowest BCUT2D eigenvalue weighted by Gasteiger charge is -2.18. The fraction of sp³-hybridized carbons (Fsp3) is 0.333. The van der Waals surface area contributed by atoms with Crippen LogP contribution in [0.3, 0.4) is 0 Å². The normalized spacial score (nSPS) is 11.6. The van der Waals surface area contributed by atoms with Crippen molar-refractivity contribution in [3.63, 3.8) is 0 Å². The number of carboxylic acid groups (broad SMARTS) is 1. The Morgan fingerprint density at radius 3 is 2.26 bits per heavy atom. The molecular formula is C33H37F2N3O4. The molecule has 5 N–H and O–H groups in total. The molecule has 0 amide bonds. The summed E-state index contributed by atoms with van der Waals surface area (Å²) in [5, 5.41) is 18.2. The van der Waals surface area contributed by atoms with Gasteiger partial charge < -0.3 is 26.0 Å². The first kappa shape index (κ1) is 31.9. The Balaban J connectivity index is 1.49. The van der Waals surface area contributed by atoms with E-state index in [0.717, 1.165) is 44.1 Å². The second kappa shape index (κ2) is 16.0. The van der Waals surface area contributed by atoms with Gasteiger partial charge in [0.05, 0.1) is 18.2 Å². The minimum atomic E-state index is -3.57. The molecular weight excluding hydrogens is 540 g/mol. The van der Waals surface area contributed by atoms with Gasteiger partial charge in [-0.3, -0.25) is 0 Å². The average Bonchev–Trinajstić information content (AvgIpc) is 2.96. The summed E-state index contributed by atoms with van der Waals surface area (Å²) in [7, 11) is 0. The first-order valence-corrected chi connectivity index (χ1v) is 14.0. The highest BCUT2D eigenvalue weighted by Crippen LogP contribution is 2.33. The number of rotatable bonds is 17. The van der Waals surface area contributed by atoms with Crippen LogP contribution in [0.1, 0.15) is 68.1 Å². The molecule has 0 saturated heterocycles. The van der Waals surface area contributed by atoms with Crippen LogP contribution in [0, 0.1) is 11.3 Å². The lowest BCUT2D eigenvalue weighted by Crippen LogP contribution is -2.21. The first-order valence-electron chi connectivity index (χ1n) is 14.0. The van der Waals surface area contributed by atoms with Gasteiger partial charge in [0.15, 0.2) is 0 Å². The third-order valence-electron chi connectivity index (χ3n) is 6.70. The lowest BCUT2D eigenvalue weighted by molar-refractivity contribution is -0.185. The molecule has 3 aromatic carbocycles. The van der Waals surface area contributed by atoms with Crippen LogP contribution in [-0.2, 0) is 17.3 Å². The summed E-state index contributed by atoms with van der Waals surface area (Å²) < 4.78 is 40.1. The predicted octanol–water partition coefficient (Wildman–Crippen LogP) is 7.71. The molecule has 0 bridgehead atoms. The maximum atomic E-state index is 14.8. The van der Waals surface area contributed by atoms with E-state index >= 15 is 0 Å². The van der Waals surface area contributed by atoms with E-state index < -0.39 is 12.1 Å². The van der Waals surface area contributed by atoms with Gasteiger partial charge >= 0.3 is 12.1 Å². The molecule has 0 radical (unpaired) electrons. The summed E-state index contributed by atoms with van der Waals surface area (Å²) in [6, 6.07) is 18.9. The van der Waals surface area contributed by atoms with Gasteiger partial charge in [0.1, 0.15) is 11.5 Å². The minimum Gasteiger partial charge on any atom is -0.494 e. The first-order chi connectivity index (χ1) is 20.2. The van der Waals surface area contributed by atoms with Crippen LogP contribution < -0.4 is 20.9 Å². The van der Waals surface area contributed by atoms with Crippen molar-refractivity contribution in [2.45, 2.75) is 63.9 Å². The molecule has 42 heavy (non-hydrogen) atoms. The van der Waals surface area contributed by atoms with Crippen molar-refractivity contribution in [1.29, 1.82) is 5.26 Å². The zero-order valence-electron chi connectivity index (χ0n) is 23.5. The number of aliphatic carboxylic acids is 1. The van der Waals surface area contributed by atoms with Crippen molar-refractivity contribution in [1.82, 2.24) is 0 Å². The summed E-state index contributed by atoms with van der Waals surface area (Å²) in [6.07, 6.45) is 4.48. The molecule has 0 heterocycles. The standard InChI is InChI=1S/C33H37F2N3O4/c34-33(35,27-13-18-29(19-14-27)41-21-7-2-1-6-20-36)42-30-16-10-24(11-17-30)22-26(32(39)40)9-5-3-4-8-25-12-15-28(37)23-31(25)38/h10-19,22-23H,1-9,21,37-38H2,(H,39,40). The van der Waals surface area contributed by atoms with Crippen molar-refractivity contribution in [3.8, 4) is 17.6 Å². The summed E-state index contributed by atoms with van der Waals surface area (Å²) >= 11 is 0. The molecule has 0 spiro atoms. The van der Waals surface area contributed by atoms with E-state index in [1.807, 2.05) is 12.1 Å². The highest BCUT2D eigenvalue weighted by Gasteiger charge is 2.34. The van der Waals surface area contributed by atoms with Crippen LogP contribution in [0.4, 0.5) is 20.2 Å². The number of benzene rings is 3. The van der Waals surface area contributed by atoms with Crippen LogP contribution in [0.2, 0.25) is 0 Å². The molecule has 0 unspecified atom stereocenters. The van der Waals surface area contributed by atoms with Gasteiger partial charge in [0.25, 0.3) is 0 Å². The Labute approximate surface area is 245 Å². The third kappa shape index (κ3) is 10.4. The minimum absolute atomic E-state index is 0.0475. The number of nitrogens with zero attached hydrogens (tertiary/aromatic N) is 1. The van der Waals surface area contributed by atoms with Crippen molar-refractivity contribution >= 4 is 23.4 Å². The quantitative estimate of drug-likeness (QED) is 0.0850. The molecule has 0 atom stereocenters. The lowest BCUT2D eigenvalue weighted by atomic mass is 10.0. The van der Waals surface area contributed by atoms with Crippen LogP contribution in [-0.4, -0.2) is 17.7 Å². The molecule has 0 saturated carbocycles. The van der Waals surface area contributed by atoms with E-state index in [9.17, 15) is 18.7 Å². The van der Waals surface area contributed by atoms with E-state index in [0.29, 0.717) is 48.6 Å². The summed E-state index contributed by atoms with van der Waals surface area (Å²) in [4.78, 5) is 11.8. The average molecular weight is 578 g/mol. The number of halogens is 2. The topological polar surface area (TPSA) is 132 Å². The number of aryl methyl sites for hydroxylation is 1. The van der Waals surface area contributed by atoms with Gasteiger partial charge in [-0.15, -0.1) is 0 Å². The third-order valence-corrected chi connectivity index (χ3v) is 6.70. The number of ether oxygens (including phenoxy) is 2. The fourth-order valence-electron chi connectivity index (χ4n) is 4.35. The maximum absolute atomic E-state index is 14.8. The van der Waals surface area contributed by atoms with Crippen LogP contribution in [0.25, 0.3) is 6.08 Å². The zero-order valence-corrected chi connectivity index (χ0v) is 23.5. The molecule has 0 aliphatic carbocycles. The summed E-state index contributed by atoms with van der Waals surface area (Å²) in [5.74, 6) is -0.587. The Morgan fingerprint density at radius 1 is 0.905 bits per heavy atom. The van der Waals surface area contributed by atoms with Crippen molar-refractivity contribution in [3.05, 3.63) is 89.0 Å². The van der Waals surface area contributed by atoms with Gasteiger partial charge in [-0.05, 0) is 111 Å². The van der Waals surface area contributed by atoms with E-state index in [1.54, 1.807) is 24.3 Å². The second-order valence-electron chi connectivity index (χ2n) is 10.0. The summed E-state index contributed by atoms with van der Waals surface area (Å²) in [5.41, 5.74) is 14.5. The highest BCUT2D eigenvalue weighted by molar-refractivity contribution is 5.92. The van der Waals surface area contributed by atoms with Crippen LogP contribution in [0.15, 0.2) is 72.3 Å². The largest absolute Gasteiger partial charge is 0.494 e.